The summed E-state index contributed by atoms with van der Waals surface area (Å²) in [5.74, 6) is -0.302. The van der Waals surface area contributed by atoms with Crippen LogP contribution in [-0.4, -0.2) is 38.0 Å². The number of nitrogens with zero attached hydrogens (tertiary/aromatic N) is 1. The molecule has 0 aliphatic heterocycles. The van der Waals surface area contributed by atoms with Gasteiger partial charge in [-0.2, -0.15) is 4.31 Å². The van der Waals surface area contributed by atoms with Crippen LogP contribution in [0.1, 0.15) is 44.6 Å². The minimum atomic E-state index is -3.42. The number of carbonyl (C=O) groups excluding carboxylic acids is 1. The quantitative estimate of drug-likeness (QED) is 0.720. The van der Waals surface area contributed by atoms with Crippen molar-refractivity contribution in [3.63, 3.8) is 0 Å². The maximum atomic E-state index is 12.4. The fraction of sp³-hybridized carbons (Fsp3) is 0.526. The summed E-state index contributed by atoms with van der Waals surface area (Å²) in [5.41, 5.74) is 3.09. The highest BCUT2D eigenvalue weighted by Crippen LogP contribution is 2.21. The molecule has 0 unspecified atom stereocenters. The van der Waals surface area contributed by atoms with E-state index in [4.69, 9.17) is 0 Å². The van der Waals surface area contributed by atoms with Crippen LogP contribution in [0.15, 0.2) is 35.9 Å². The summed E-state index contributed by atoms with van der Waals surface area (Å²) in [7, 11) is -3.42. The van der Waals surface area contributed by atoms with E-state index in [9.17, 15) is 13.2 Å². The first-order valence-corrected chi connectivity index (χ1v) is 10.8. The van der Waals surface area contributed by atoms with Crippen LogP contribution < -0.4 is 5.32 Å². The number of aryl methyl sites for hydroxylation is 1. The molecule has 1 aliphatic carbocycles. The Balaban J connectivity index is 1.98. The third-order valence-corrected chi connectivity index (χ3v) is 5.78. The molecule has 1 aromatic rings. The van der Waals surface area contributed by atoms with Gasteiger partial charge in [0.05, 0.1) is 12.8 Å². The van der Waals surface area contributed by atoms with Gasteiger partial charge < -0.3 is 5.32 Å². The molecule has 0 saturated carbocycles. The number of rotatable bonds is 8. The Hall–Kier alpha value is -1.66. The highest BCUT2D eigenvalue weighted by atomic mass is 32.2. The van der Waals surface area contributed by atoms with Crippen LogP contribution in [0.3, 0.4) is 0 Å². The molecule has 0 spiro atoms. The zero-order valence-electron chi connectivity index (χ0n) is 15.1. The molecule has 25 heavy (non-hydrogen) atoms. The molecule has 1 aromatic carbocycles. The molecule has 0 heterocycles. The number of allylic oxidation sites excluding steroid dienone is 1. The fourth-order valence-corrected chi connectivity index (χ4v) is 3.84. The molecular weight excluding hydrogens is 336 g/mol. The molecule has 0 aromatic heterocycles. The number of nitrogens with one attached hydrogen (secondary N) is 1. The Kier molecular flexibility index (Phi) is 7.20. The van der Waals surface area contributed by atoms with Crippen molar-refractivity contribution in [1.29, 1.82) is 0 Å². The van der Waals surface area contributed by atoms with Gasteiger partial charge >= 0.3 is 0 Å². The lowest BCUT2D eigenvalue weighted by molar-refractivity contribution is -0.116. The van der Waals surface area contributed by atoms with E-state index in [0.717, 1.165) is 36.8 Å². The fourth-order valence-electron chi connectivity index (χ4n) is 3.06. The Morgan fingerprint density at radius 2 is 2.00 bits per heavy atom. The molecule has 0 saturated heterocycles. The van der Waals surface area contributed by atoms with Crippen LogP contribution in [0.5, 0.6) is 0 Å². The van der Waals surface area contributed by atoms with Crippen LogP contribution in [-0.2, 0) is 21.2 Å². The maximum Gasteiger partial charge on any atom is 0.239 e. The van der Waals surface area contributed by atoms with E-state index < -0.39 is 10.0 Å². The number of para-hydroxylation sites is 1. The van der Waals surface area contributed by atoms with Crippen LogP contribution in [0.4, 0.5) is 5.69 Å². The van der Waals surface area contributed by atoms with Gasteiger partial charge in [-0.1, -0.05) is 36.8 Å². The number of hydrogen-bond donors (Lipinski definition) is 1. The minimum absolute atomic E-state index is 0.149. The first kappa shape index (κ1) is 19.7. The zero-order chi connectivity index (χ0) is 18.3. The van der Waals surface area contributed by atoms with Crippen LogP contribution >= 0.6 is 0 Å². The summed E-state index contributed by atoms with van der Waals surface area (Å²) in [6, 6.07) is 7.59. The molecule has 1 aliphatic rings. The van der Waals surface area contributed by atoms with Gasteiger partial charge in [-0.05, 0) is 50.2 Å². The van der Waals surface area contributed by atoms with Gasteiger partial charge in [-0.25, -0.2) is 8.42 Å². The van der Waals surface area contributed by atoms with Crippen LogP contribution in [0.25, 0.3) is 0 Å². The smallest absolute Gasteiger partial charge is 0.239 e. The van der Waals surface area contributed by atoms with E-state index >= 15 is 0 Å². The van der Waals surface area contributed by atoms with Gasteiger partial charge in [0.15, 0.2) is 0 Å². The lowest BCUT2D eigenvalue weighted by atomic mass is 9.97. The molecule has 5 nitrogen and oxygen atoms in total. The van der Waals surface area contributed by atoms with E-state index in [1.807, 2.05) is 31.2 Å². The van der Waals surface area contributed by atoms with E-state index in [0.29, 0.717) is 13.0 Å². The van der Waals surface area contributed by atoms with Crippen molar-refractivity contribution in [2.75, 3.05) is 24.7 Å². The van der Waals surface area contributed by atoms with Gasteiger partial charge in [0.25, 0.3) is 0 Å². The van der Waals surface area contributed by atoms with Crippen molar-refractivity contribution in [2.24, 2.45) is 0 Å². The molecule has 6 heteroatoms. The van der Waals surface area contributed by atoms with Gasteiger partial charge in [0.2, 0.25) is 15.9 Å². The summed E-state index contributed by atoms with van der Waals surface area (Å²) < 4.78 is 25.4. The van der Waals surface area contributed by atoms with Gasteiger partial charge in [0, 0.05) is 12.2 Å². The SMILES string of the molecule is CCc1ccccc1NC(=O)CN(CCC1=CCCCC1)S(C)(=O)=O. The second-order valence-corrected chi connectivity index (χ2v) is 8.50. The average Bonchev–Trinajstić information content (AvgIpc) is 2.59. The van der Waals surface area contributed by atoms with Crippen molar-refractivity contribution in [2.45, 2.75) is 45.4 Å². The molecule has 1 amide bonds. The first-order valence-electron chi connectivity index (χ1n) is 8.91. The van der Waals surface area contributed by atoms with Crippen LogP contribution in [0.2, 0.25) is 0 Å². The number of sulfonamides is 1. The largest absolute Gasteiger partial charge is 0.325 e. The number of anilines is 1. The second-order valence-electron chi connectivity index (χ2n) is 6.51. The van der Waals surface area contributed by atoms with E-state index in [1.54, 1.807) is 0 Å². The second kappa shape index (κ2) is 9.15. The lowest BCUT2D eigenvalue weighted by Crippen LogP contribution is -2.38. The molecular formula is C19H28N2O3S. The number of amides is 1. The first-order chi connectivity index (χ1) is 11.9. The summed E-state index contributed by atoms with van der Waals surface area (Å²) in [6.07, 6.45) is 9.36. The van der Waals surface area contributed by atoms with Crippen LogP contribution in [0, 0.1) is 0 Å². The molecule has 1 N–H and O–H groups in total. The standard InChI is InChI=1S/C19H28N2O3S/c1-3-17-11-7-8-12-18(17)20-19(22)15-21(25(2,23)24)14-13-16-9-5-4-6-10-16/h7-9,11-12H,3-6,10,13-15H2,1-2H3,(H,20,22). The highest BCUT2D eigenvalue weighted by molar-refractivity contribution is 7.88. The maximum absolute atomic E-state index is 12.4. The third kappa shape index (κ3) is 6.29. The molecule has 2 rings (SSSR count). The summed E-state index contributed by atoms with van der Waals surface area (Å²) in [5, 5.41) is 2.84. The number of hydrogen-bond acceptors (Lipinski definition) is 3. The Morgan fingerprint density at radius 3 is 2.64 bits per heavy atom. The highest BCUT2D eigenvalue weighted by Gasteiger charge is 2.21. The molecule has 138 valence electrons. The predicted octanol–water partition coefficient (Wildman–Crippen LogP) is 3.34. The predicted molar refractivity (Wildman–Crippen MR) is 102 cm³/mol. The molecule has 0 fully saturated rings. The van der Waals surface area contributed by atoms with E-state index in [1.165, 1.54) is 22.7 Å². The van der Waals surface area contributed by atoms with Crippen molar-refractivity contribution in [3.05, 3.63) is 41.5 Å². The Labute approximate surface area is 151 Å². The van der Waals surface area contributed by atoms with Gasteiger partial charge in [-0.3, -0.25) is 4.79 Å². The van der Waals surface area contributed by atoms with Gasteiger partial charge in [-0.15, -0.1) is 0 Å². The average molecular weight is 365 g/mol. The van der Waals surface area contributed by atoms with E-state index in [2.05, 4.69) is 11.4 Å². The van der Waals surface area contributed by atoms with Crippen molar-refractivity contribution >= 4 is 21.6 Å². The molecule has 0 atom stereocenters. The summed E-state index contributed by atoms with van der Waals surface area (Å²) in [6.45, 7) is 2.23. The van der Waals surface area contributed by atoms with Crippen molar-refractivity contribution < 1.29 is 13.2 Å². The molecule has 0 radical (unpaired) electrons. The molecule has 0 bridgehead atoms. The zero-order valence-corrected chi connectivity index (χ0v) is 15.9. The topological polar surface area (TPSA) is 66.5 Å². The van der Waals surface area contributed by atoms with Crippen molar-refractivity contribution in [3.8, 4) is 0 Å². The minimum Gasteiger partial charge on any atom is -0.325 e. The van der Waals surface area contributed by atoms with E-state index in [-0.39, 0.29) is 12.5 Å². The normalized spacial score (nSPS) is 15.1. The summed E-state index contributed by atoms with van der Waals surface area (Å²) >= 11 is 0. The number of carbonyl (C=O) groups is 1. The number of benzene rings is 1. The summed E-state index contributed by atoms with van der Waals surface area (Å²) in [4.78, 5) is 12.4. The Bertz CT molecular complexity index is 726. The third-order valence-electron chi connectivity index (χ3n) is 4.53. The Morgan fingerprint density at radius 1 is 1.24 bits per heavy atom. The van der Waals surface area contributed by atoms with Gasteiger partial charge in [0.1, 0.15) is 0 Å². The monoisotopic (exact) mass is 364 g/mol. The lowest BCUT2D eigenvalue weighted by Gasteiger charge is -2.21. The van der Waals surface area contributed by atoms with Crippen molar-refractivity contribution in [1.82, 2.24) is 4.31 Å².